The zero-order chi connectivity index (χ0) is 40.2. The van der Waals surface area contributed by atoms with Crippen LogP contribution in [0.25, 0.3) is 111 Å². The molecule has 9 aromatic carbocycles. The summed E-state index contributed by atoms with van der Waals surface area (Å²) in [5.41, 5.74) is 15.9. The summed E-state index contributed by atoms with van der Waals surface area (Å²) < 4.78 is 12.9. The number of rotatable bonds is 6. The van der Waals surface area contributed by atoms with Crippen molar-refractivity contribution >= 4 is 43.9 Å². The number of nitrogens with zero attached hydrogens (tertiary/aromatic N) is 2. The lowest BCUT2D eigenvalue weighted by Gasteiger charge is -2.15. The van der Waals surface area contributed by atoms with E-state index in [-0.39, 0.29) is 0 Å². The molecule has 0 N–H and O–H groups in total. The highest BCUT2D eigenvalue weighted by Crippen LogP contribution is 2.42. The van der Waals surface area contributed by atoms with Gasteiger partial charge in [-0.3, -0.25) is 0 Å². The lowest BCUT2D eigenvalue weighted by atomic mass is 9.89. The van der Waals surface area contributed by atoms with Gasteiger partial charge in [0, 0.05) is 32.7 Å². The van der Waals surface area contributed by atoms with Crippen molar-refractivity contribution in [2.75, 3.05) is 0 Å². The first kappa shape index (κ1) is 34.8. The van der Waals surface area contributed by atoms with Crippen molar-refractivity contribution in [1.29, 1.82) is 10.5 Å². The topological polar surface area (TPSA) is 73.9 Å². The Labute approximate surface area is 346 Å². The molecule has 0 radical (unpaired) electrons. The van der Waals surface area contributed by atoms with Gasteiger partial charge in [0.1, 0.15) is 22.3 Å². The molecule has 0 unspecified atom stereocenters. The number of hydrogen-bond acceptors (Lipinski definition) is 4. The molecule has 0 spiro atoms. The molecule has 0 aliphatic heterocycles. The van der Waals surface area contributed by atoms with Gasteiger partial charge in [-0.2, -0.15) is 10.5 Å². The molecule has 0 atom stereocenters. The van der Waals surface area contributed by atoms with E-state index in [1.165, 1.54) is 0 Å². The van der Waals surface area contributed by atoms with Gasteiger partial charge >= 0.3 is 0 Å². The smallest absolute Gasteiger partial charge is 0.143 e. The maximum Gasteiger partial charge on any atom is 0.143 e. The van der Waals surface area contributed by atoms with Gasteiger partial charge in [-0.1, -0.05) is 121 Å². The number of furan rings is 2. The minimum absolute atomic E-state index is 0.543. The monoisotopic (exact) mass is 764 g/mol. The number of fused-ring (bicyclic) bond motifs is 6. The molecule has 4 nitrogen and oxygen atoms in total. The van der Waals surface area contributed by atoms with Crippen LogP contribution in [0.5, 0.6) is 0 Å². The summed E-state index contributed by atoms with van der Waals surface area (Å²) in [5, 5.41) is 25.0. The van der Waals surface area contributed by atoms with Gasteiger partial charge in [0.2, 0.25) is 0 Å². The Hall–Kier alpha value is -8.44. The fraction of sp³-hybridized carbons (Fsp3) is 0. The highest BCUT2D eigenvalue weighted by Gasteiger charge is 2.18. The van der Waals surface area contributed by atoms with Crippen molar-refractivity contribution in [3.63, 3.8) is 0 Å². The van der Waals surface area contributed by atoms with E-state index in [0.29, 0.717) is 11.1 Å². The van der Waals surface area contributed by atoms with Crippen LogP contribution in [0, 0.1) is 22.7 Å². The molecule has 0 bridgehead atoms. The molecule has 0 fully saturated rings. The molecule has 0 aliphatic rings. The number of nitriles is 2. The third-order valence-electron chi connectivity index (χ3n) is 11.5. The average Bonchev–Trinajstić information content (AvgIpc) is 3.90. The first-order valence-electron chi connectivity index (χ1n) is 19.8. The Bertz CT molecular complexity index is 3380. The van der Waals surface area contributed by atoms with Gasteiger partial charge < -0.3 is 8.83 Å². The molecule has 2 heterocycles. The number of benzene rings is 9. The van der Waals surface area contributed by atoms with Crippen LogP contribution >= 0.6 is 0 Å². The van der Waals surface area contributed by atoms with Crippen molar-refractivity contribution in [1.82, 2.24) is 0 Å². The SMILES string of the molecule is N#Cc1cc(-c2cc(-c3cccc(-c4ccccc4)c3)cc(-c3cc(C#N)cc(-c4cccc5c4oc4ccccc45)c3)c2)cc(-c2cccc3c2oc2ccccc23)c1. The highest BCUT2D eigenvalue weighted by molar-refractivity contribution is 6.11. The van der Waals surface area contributed by atoms with E-state index in [9.17, 15) is 10.5 Å². The molecule has 4 heteroatoms. The van der Waals surface area contributed by atoms with Gasteiger partial charge in [-0.05, 0) is 128 Å². The Morgan fingerprint density at radius 3 is 1.15 bits per heavy atom. The van der Waals surface area contributed by atoms with Gasteiger partial charge in [0.05, 0.1) is 23.3 Å². The summed E-state index contributed by atoms with van der Waals surface area (Å²) in [5.74, 6) is 0. The highest BCUT2D eigenvalue weighted by atomic mass is 16.3. The second-order valence-corrected chi connectivity index (χ2v) is 15.1. The molecule has 2 aromatic heterocycles. The van der Waals surface area contributed by atoms with Crippen LogP contribution < -0.4 is 0 Å². The van der Waals surface area contributed by atoms with Gasteiger partial charge in [-0.15, -0.1) is 0 Å². The fourth-order valence-corrected chi connectivity index (χ4v) is 8.61. The van der Waals surface area contributed by atoms with Crippen LogP contribution in [0.3, 0.4) is 0 Å². The molecule has 0 aliphatic carbocycles. The summed E-state index contributed by atoms with van der Waals surface area (Å²) >= 11 is 0. The molecular weight excluding hydrogens is 733 g/mol. The first-order valence-corrected chi connectivity index (χ1v) is 19.8. The minimum Gasteiger partial charge on any atom is -0.455 e. The summed E-state index contributed by atoms with van der Waals surface area (Å²) in [6.07, 6.45) is 0. The Balaban J connectivity index is 1.12. The Morgan fingerprint density at radius 2 is 0.633 bits per heavy atom. The van der Waals surface area contributed by atoms with Gasteiger partial charge in [0.25, 0.3) is 0 Å². The van der Waals surface area contributed by atoms with Gasteiger partial charge in [-0.25, -0.2) is 0 Å². The lowest BCUT2D eigenvalue weighted by molar-refractivity contribution is 0.669. The quantitative estimate of drug-likeness (QED) is 0.169. The molecule has 0 saturated carbocycles. The first-order chi connectivity index (χ1) is 29.6. The van der Waals surface area contributed by atoms with Crippen molar-refractivity contribution in [3.05, 3.63) is 205 Å². The predicted molar refractivity (Wildman–Crippen MR) is 243 cm³/mol. The summed E-state index contributed by atoms with van der Waals surface area (Å²) in [6, 6.07) is 70.9. The van der Waals surface area contributed by atoms with Gasteiger partial charge in [0.15, 0.2) is 0 Å². The Morgan fingerprint density at radius 1 is 0.283 bits per heavy atom. The van der Waals surface area contributed by atoms with Crippen molar-refractivity contribution in [2.24, 2.45) is 0 Å². The fourth-order valence-electron chi connectivity index (χ4n) is 8.61. The summed E-state index contributed by atoms with van der Waals surface area (Å²) in [4.78, 5) is 0. The predicted octanol–water partition coefficient (Wildman–Crippen LogP) is 15.2. The minimum atomic E-state index is 0.543. The van der Waals surface area contributed by atoms with Crippen molar-refractivity contribution in [2.45, 2.75) is 0 Å². The van der Waals surface area contributed by atoms with Crippen LogP contribution in [0.1, 0.15) is 11.1 Å². The Kier molecular flexibility index (Phi) is 8.22. The number of hydrogen-bond donors (Lipinski definition) is 0. The van der Waals surface area contributed by atoms with Crippen molar-refractivity contribution in [3.8, 4) is 78.9 Å². The second-order valence-electron chi connectivity index (χ2n) is 15.1. The van der Waals surface area contributed by atoms with E-state index in [1.54, 1.807) is 0 Å². The van der Waals surface area contributed by atoms with E-state index in [0.717, 1.165) is 111 Å². The largest absolute Gasteiger partial charge is 0.455 e. The van der Waals surface area contributed by atoms with Crippen LogP contribution in [0.2, 0.25) is 0 Å². The summed E-state index contributed by atoms with van der Waals surface area (Å²) in [7, 11) is 0. The number of para-hydroxylation sites is 4. The van der Waals surface area contributed by atoms with E-state index in [4.69, 9.17) is 8.83 Å². The molecule has 278 valence electrons. The van der Waals surface area contributed by atoms with Crippen LogP contribution in [-0.4, -0.2) is 0 Å². The zero-order valence-electron chi connectivity index (χ0n) is 32.2. The zero-order valence-corrected chi connectivity index (χ0v) is 32.2. The maximum absolute atomic E-state index is 10.4. The summed E-state index contributed by atoms with van der Waals surface area (Å²) in [6.45, 7) is 0. The van der Waals surface area contributed by atoms with Crippen LogP contribution in [0.4, 0.5) is 0 Å². The second kappa shape index (κ2) is 14.2. The van der Waals surface area contributed by atoms with E-state index in [2.05, 4.69) is 127 Å². The van der Waals surface area contributed by atoms with E-state index < -0.39 is 0 Å². The molecule has 0 saturated heterocycles. The van der Waals surface area contributed by atoms with E-state index >= 15 is 0 Å². The molecule has 11 rings (SSSR count). The molecule has 60 heavy (non-hydrogen) atoms. The lowest BCUT2D eigenvalue weighted by Crippen LogP contribution is -1.91. The van der Waals surface area contributed by atoms with Crippen LogP contribution in [0.15, 0.2) is 203 Å². The van der Waals surface area contributed by atoms with Crippen molar-refractivity contribution < 1.29 is 8.83 Å². The maximum atomic E-state index is 10.4. The molecular formula is C56H32N2O2. The van der Waals surface area contributed by atoms with Crippen LogP contribution in [-0.2, 0) is 0 Å². The van der Waals surface area contributed by atoms with E-state index in [1.807, 2.05) is 78.9 Å². The molecule has 0 amide bonds. The normalized spacial score (nSPS) is 11.3. The standard InChI is InChI=1S/C56H32N2O2/c57-33-35-23-40(31-45(25-35)47-17-9-19-51-49-15-4-6-21-53(49)59-55(47)51)43-28-42(39-14-8-13-38(27-39)37-11-2-1-3-12-37)29-44(30-43)41-24-36(34-58)26-46(32-41)48-18-10-20-52-50-16-5-7-22-54(50)60-56(48)52/h1-32H. The average molecular weight is 765 g/mol. The molecule has 11 aromatic rings. The third kappa shape index (κ3) is 6.00. The third-order valence-corrected chi connectivity index (χ3v) is 11.5.